The van der Waals surface area contributed by atoms with Gasteiger partial charge in [0.15, 0.2) is 0 Å². The molecule has 78 valence electrons. The molecule has 1 aromatic carbocycles. The Bertz CT molecular complexity index is 406. The van der Waals surface area contributed by atoms with E-state index in [-0.39, 0.29) is 10.9 Å². The topological polar surface area (TPSA) is 35.8 Å². The maximum Gasteiger partial charge on any atom is 0.0995 e. The van der Waals surface area contributed by atoms with E-state index in [1.165, 1.54) is 0 Å². The first-order chi connectivity index (χ1) is 7.12. The fourth-order valence-electron chi connectivity index (χ4n) is 1.72. The second kappa shape index (κ2) is 3.88. The van der Waals surface area contributed by atoms with E-state index in [9.17, 15) is 0 Å². The lowest BCUT2D eigenvalue weighted by Gasteiger charge is -2.19. The minimum absolute atomic E-state index is 0.165. The number of nitrogens with one attached hydrogen (secondary N) is 1. The largest absolute Gasteiger partial charge is 0.296 e. The Morgan fingerprint density at radius 3 is 2.80 bits per heavy atom. The Labute approximate surface area is 94.7 Å². The number of hydrogen-bond acceptors (Lipinski definition) is 3. The van der Waals surface area contributed by atoms with Crippen LogP contribution < -0.4 is 5.32 Å². The Hall–Kier alpha value is -0.980. The van der Waals surface area contributed by atoms with Crippen molar-refractivity contribution in [3.63, 3.8) is 0 Å². The highest BCUT2D eigenvalue weighted by molar-refractivity contribution is 7.99. The molecule has 2 nitrogen and oxygen atoms in total. The van der Waals surface area contributed by atoms with Gasteiger partial charge in [-0.1, -0.05) is 18.2 Å². The van der Waals surface area contributed by atoms with Gasteiger partial charge in [-0.25, -0.2) is 0 Å². The second-order valence-electron chi connectivity index (χ2n) is 4.42. The van der Waals surface area contributed by atoms with E-state index in [0.717, 1.165) is 16.9 Å². The van der Waals surface area contributed by atoms with Crippen LogP contribution in [0.5, 0.6) is 0 Å². The molecule has 1 aliphatic heterocycles. The highest BCUT2D eigenvalue weighted by Crippen LogP contribution is 2.38. The van der Waals surface area contributed by atoms with Crippen LogP contribution in [0.1, 0.15) is 30.3 Å². The molecule has 1 N–H and O–H groups in total. The van der Waals surface area contributed by atoms with Crippen molar-refractivity contribution in [3.8, 4) is 6.07 Å². The maximum atomic E-state index is 9.02. The van der Waals surface area contributed by atoms with Crippen molar-refractivity contribution in [3.05, 3.63) is 35.4 Å². The predicted octanol–water partition coefficient (Wildman–Crippen LogP) is 2.67. The first-order valence-electron chi connectivity index (χ1n) is 5.01. The van der Waals surface area contributed by atoms with Gasteiger partial charge in [0.05, 0.1) is 17.0 Å². The zero-order valence-electron chi connectivity index (χ0n) is 8.95. The molecule has 0 radical (unpaired) electrons. The molecule has 1 heterocycles. The van der Waals surface area contributed by atoms with Gasteiger partial charge in [0.1, 0.15) is 0 Å². The van der Waals surface area contributed by atoms with Crippen molar-refractivity contribution in [2.45, 2.75) is 24.8 Å². The van der Waals surface area contributed by atoms with Crippen LogP contribution in [0.4, 0.5) is 0 Å². The lowest BCUT2D eigenvalue weighted by Crippen LogP contribution is -2.36. The van der Waals surface area contributed by atoms with Gasteiger partial charge >= 0.3 is 0 Å². The monoisotopic (exact) mass is 218 g/mol. The predicted molar refractivity (Wildman–Crippen MR) is 63.6 cm³/mol. The molecule has 1 fully saturated rings. The summed E-state index contributed by atoms with van der Waals surface area (Å²) in [7, 11) is 0. The highest BCUT2D eigenvalue weighted by atomic mass is 32.2. The maximum absolute atomic E-state index is 9.02. The Morgan fingerprint density at radius 2 is 2.20 bits per heavy atom. The second-order valence-corrected chi connectivity index (χ2v) is 5.51. The van der Waals surface area contributed by atoms with Gasteiger partial charge in [0.2, 0.25) is 0 Å². The van der Waals surface area contributed by atoms with E-state index >= 15 is 0 Å². The molecule has 0 bridgehead atoms. The molecular weight excluding hydrogens is 204 g/mol. The van der Waals surface area contributed by atoms with Crippen LogP contribution in [-0.2, 0) is 0 Å². The third-order valence-electron chi connectivity index (χ3n) is 2.50. The van der Waals surface area contributed by atoms with E-state index in [1.807, 2.05) is 36.0 Å². The molecule has 1 aliphatic rings. The van der Waals surface area contributed by atoms with Gasteiger partial charge in [0, 0.05) is 11.3 Å². The molecule has 1 saturated heterocycles. The van der Waals surface area contributed by atoms with E-state index in [2.05, 4.69) is 25.2 Å². The third kappa shape index (κ3) is 2.17. The van der Waals surface area contributed by atoms with Crippen molar-refractivity contribution in [2.75, 3.05) is 5.75 Å². The van der Waals surface area contributed by atoms with Crippen LogP contribution in [0.3, 0.4) is 0 Å². The fraction of sp³-hybridized carbons (Fsp3) is 0.417. The molecule has 3 heteroatoms. The average molecular weight is 218 g/mol. The first-order valence-corrected chi connectivity index (χ1v) is 6.05. The molecule has 0 spiro atoms. The number of benzene rings is 1. The summed E-state index contributed by atoms with van der Waals surface area (Å²) in [5.74, 6) is 1.08. The molecule has 1 unspecified atom stereocenters. The molecular formula is C12H14N2S. The SMILES string of the molecule is CC1(C)CSC(c2ccccc2C#N)N1. The summed E-state index contributed by atoms with van der Waals surface area (Å²) in [6.07, 6.45) is 0. The van der Waals surface area contributed by atoms with Crippen molar-refractivity contribution >= 4 is 11.8 Å². The van der Waals surface area contributed by atoms with Gasteiger partial charge in [-0.05, 0) is 25.5 Å². The highest BCUT2D eigenvalue weighted by Gasteiger charge is 2.32. The van der Waals surface area contributed by atoms with E-state index in [4.69, 9.17) is 5.26 Å². The molecule has 15 heavy (non-hydrogen) atoms. The fourth-order valence-corrected chi connectivity index (χ4v) is 3.18. The van der Waals surface area contributed by atoms with Crippen LogP contribution in [0, 0.1) is 11.3 Å². The molecule has 0 aromatic heterocycles. The van der Waals surface area contributed by atoms with Gasteiger partial charge < -0.3 is 0 Å². The van der Waals surface area contributed by atoms with Crippen molar-refractivity contribution in [1.29, 1.82) is 5.26 Å². The van der Waals surface area contributed by atoms with Gasteiger partial charge in [0.25, 0.3) is 0 Å². The first kappa shape index (κ1) is 10.5. The standard InChI is InChI=1S/C12H14N2S/c1-12(2)8-15-11(14-12)10-6-4-3-5-9(10)7-13/h3-6,11,14H,8H2,1-2H3. The lowest BCUT2D eigenvalue weighted by molar-refractivity contribution is 0.452. The van der Waals surface area contributed by atoms with Crippen LogP contribution >= 0.6 is 11.8 Å². The average Bonchev–Trinajstić information content (AvgIpc) is 2.59. The van der Waals surface area contributed by atoms with E-state index < -0.39 is 0 Å². The van der Waals surface area contributed by atoms with Crippen LogP contribution in [-0.4, -0.2) is 11.3 Å². The molecule has 0 amide bonds. The summed E-state index contributed by atoms with van der Waals surface area (Å²) in [6, 6.07) is 10.1. The molecule has 1 atom stereocenters. The van der Waals surface area contributed by atoms with E-state index in [1.54, 1.807) is 0 Å². The third-order valence-corrected chi connectivity index (χ3v) is 4.09. The number of nitriles is 1. The smallest absolute Gasteiger partial charge is 0.0995 e. The number of nitrogens with zero attached hydrogens (tertiary/aromatic N) is 1. The Morgan fingerprint density at radius 1 is 1.47 bits per heavy atom. The number of hydrogen-bond donors (Lipinski definition) is 1. The molecule has 0 saturated carbocycles. The Balaban J connectivity index is 2.28. The van der Waals surface area contributed by atoms with Crippen molar-refractivity contribution in [2.24, 2.45) is 0 Å². The zero-order valence-corrected chi connectivity index (χ0v) is 9.77. The minimum Gasteiger partial charge on any atom is -0.296 e. The zero-order chi connectivity index (χ0) is 10.9. The number of rotatable bonds is 1. The van der Waals surface area contributed by atoms with Gasteiger partial charge in [-0.2, -0.15) is 5.26 Å². The number of thioether (sulfide) groups is 1. The summed E-state index contributed by atoms with van der Waals surface area (Å²) in [5.41, 5.74) is 2.05. The molecule has 0 aliphatic carbocycles. The van der Waals surface area contributed by atoms with Crippen LogP contribution in [0.25, 0.3) is 0 Å². The minimum atomic E-state index is 0.165. The van der Waals surface area contributed by atoms with E-state index in [0.29, 0.717) is 0 Å². The lowest BCUT2D eigenvalue weighted by atomic mass is 10.1. The molecule has 1 aromatic rings. The summed E-state index contributed by atoms with van der Waals surface area (Å²) in [4.78, 5) is 0. The molecule has 2 rings (SSSR count). The van der Waals surface area contributed by atoms with Crippen LogP contribution in [0.15, 0.2) is 24.3 Å². The van der Waals surface area contributed by atoms with Gasteiger partial charge in [-0.15, -0.1) is 11.8 Å². The summed E-state index contributed by atoms with van der Waals surface area (Å²) >= 11 is 1.87. The van der Waals surface area contributed by atoms with Crippen molar-refractivity contribution < 1.29 is 0 Å². The Kier molecular flexibility index (Phi) is 2.72. The summed E-state index contributed by atoms with van der Waals surface area (Å²) in [5, 5.41) is 12.8. The summed E-state index contributed by atoms with van der Waals surface area (Å²) < 4.78 is 0. The van der Waals surface area contributed by atoms with Crippen molar-refractivity contribution in [1.82, 2.24) is 5.32 Å². The quantitative estimate of drug-likeness (QED) is 0.787. The summed E-state index contributed by atoms with van der Waals surface area (Å²) in [6.45, 7) is 4.38. The van der Waals surface area contributed by atoms with Crippen LogP contribution in [0.2, 0.25) is 0 Å². The normalized spacial score (nSPS) is 23.7. The van der Waals surface area contributed by atoms with Gasteiger partial charge in [-0.3, -0.25) is 5.32 Å².